The van der Waals surface area contributed by atoms with Crippen molar-refractivity contribution in [1.29, 1.82) is 0 Å². The number of nitrogens with two attached hydrogens (primary N) is 2. The van der Waals surface area contributed by atoms with Crippen LogP contribution in [-0.2, 0) is 0 Å². The molecule has 0 aliphatic heterocycles. The summed E-state index contributed by atoms with van der Waals surface area (Å²) >= 11 is 1.60. The number of anilines is 2. The van der Waals surface area contributed by atoms with E-state index in [4.69, 9.17) is 11.5 Å². The molecule has 0 bridgehead atoms. The molecule has 90 valence electrons. The fourth-order valence-corrected chi connectivity index (χ4v) is 2.89. The van der Waals surface area contributed by atoms with Crippen LogP contribution in [0.1, 0.15) is 5.56 Å². The second kappa shape index (κ2) is 3.96. The molecule has 0 radical (unpaired) electrons. The van der Waals surface area contributed by atoms with Gasteiger partial charge in [-0.2, -0.15) is 0 Å². The summed E-state index contributed by atoms with van der Waals surface area (Å²) in [5, 5.41) is 0.924. The molecular weight excluding hydrogens is 244 g/mol. The van der Waals surface area contributed by atoms with E-state index in [0.29, 0.717) is 11.4 Å². The molecule has 2 heterocycles. The van der Waals surface area contributed by atoms with E-state index in [-0.39, 0.29) is 0 Å². The zero-order chi connectivity index (χ0) is 12.7. The van der Waals surface area contributed by atoms with Gasteiger partial charge >= 0.3 is 0 Å². The number of aryl methyl sites for hydroxylation is 1. The van der Waals surface area contributed by atoms with Crippen LogP contribution in [0, 0.1) is 6.92 Å². The van der Waals surface area contributed by atoms with Crippen LogP contribution in [0.2, 0.25) is 0 Å². The number of hydrogen-bond acceptors (Lipinski definition) is 5. The third kappa shape index (κ3) is 1.60. The van der Waals surface area contributed by atoms with Gasteiger partial charge in [0.05, 0.1) is 16.1 Å². The predicted octanol–water partition coefficient (Wildman–Crippen LogP) is 2.83. The molecule has 1 aromatic carbocycles. The summed E-state index contributed by atoms with van der Waals surface area (Å²) in [7, 11) is 0. The van der Waals surface area contributed by atoms with E-state index in [0.717, 1.165) is 26.4 Å². The Morgan fingerprint density at radius 1 is 1.17 bits per heavy atom. The number of fused-ring (bicyclic) bond motifs is 1. The highest BCUT2D eigenvalue weighted by atomic mass is 32.1. The van der Waals surface area contributed by atoms with Crippen molar-refractivity contribution in [3.05, 3.63) is 36.2 Å². The topological polar surface area (TPSA) is 77.8 Å². The highest BCUT2D eigenvalue weighted by molar-refractivity contribution is 7.21. The molecule has 0 saturated carbocycles. The number of pyridine rings is 1. The second-order valence-electron chi connectivity index (χ2n) is 4.12. The maximum Gasteiger partial charge on any atom is 0.126 e. The zero-order valence-electron chi connectivity index (χ0n) is 9.84. The molecule has 18 heavy (non-hydrogen) atoms. The Balaban J connectivity index is 2.26. The molecule has 5 heteroatoms. The Hall–Kier alpha value is -2.14. The first-order valence-electron chi connectivity index (χ1n) is 5.52. The largest absolute Gasteiger partial charge is 0.397 e. The Labute approximate surface area is 108 Å². The third-order valence-corrected chi connectivity index (χ3v) is 3.96. The molecule has 3 aromatic rings. The van der Waals surface area contributed by atoms with Crippen molar-refractivity contribution >= 4 is 32.9 Å². The van der Waals surface area contributed by atoms with Crippen LogP contribution in [-0.4, -0.2) is 9.97 Å². The highest BCUT2D eigenvalue weighted by Gasteiger charge is 2.11. The van der Waals surface area contributed by atoms with Crippen LogP contribution >= 0.6 is 11.3 Å². The lowest BCUT2D eigenvalue weighted by molar-refractivity contribution is 1.28. The van der Waals surface area contributed by atoms with Gasteiger partial charge in [0.1, 0.15) is 10.5 Å². The molecule has 0 fully saturated rings. The van der Waals surface area contributed by atoms with Gasteiger partial charge in [0.2, 0.25) is 0 Å². The van der Waals surface area contributed by atoms with Gasteiger partial charge in [-0.15, -0.1) is 11.3 Å². The van der Waals surface area contributed by atoms with E-state index < -0.39 is 0 Å². The highest BCUT2D eigenvalue weighted by Crippen LogP contribution is 2.35. The minimum Gasteiger partial charge on any atom is -0.397 e. The lowest BCUT2D eigenvalue weighted by atomic mass is 10.2. The Kier molecular flexibility index (Phi) is 2.41. The molecule has 0 atom stereocenters. The first kappa shape index (κ1) is 11.0. The lowest BCUT2D eigenvalue weighted by Crippen LogP contribution is -1.94. The molecule has 2 aromatic heterocycles. The van der Waals surface area contributed by atoms with Gasteiger partial charge in [-0.05, 0) is 30.7 Å². The van der Waals surface area contributed by atoms with Gasteiger partial charge in [-0.3, -0.25) is 4.98 Å². The summed E-state index contributed by atoms with van der Waals surface area (Å²) in [6, 6.07) is 5.74. The number of benzene rings is 1. The van der Waals surface area contributed by atoms with Crippen molar-refractivity contribution in [2.45, 2.75) is 6.92 Å². The van der Waals surface area contributed by atoms with Gasteiger partial charge in [-0.25, -0.2) is 4.98 Å². The van der Waals surface area contributed by atoms with Crippen molar-refractivity contribution in [1.82, 2.24) is 9.97 Å². The van der Waals surface area contributed by atoms with Crippen LogP contribution in [0.25, 0.3) is 20.8 Å². The van der Waals surface area contributed by atoms with Gasteiger partial charge in [0.25, 0.3) is 0 Å². The quantitative estimate of drug-likeness (QED) is 0.656. The van der Waals surface area contributed by atoms with Gasteiger partial charge < -0.3 is 11.5 Å². The maximum absolute atomic E-state index is 5.95. The SMILES string of the molecule is Cc1ccncc1-c1nc2c(N)c(N)ccc2s1. The standard InChI is InChI=1S/C13H12N4S/c1-7-4-5-16-6-8(7)13-17-12-10(18-13)3-2-9(14)11(12)15/h2-6H,14-15H2,1H3. The minimum absolute atomic E-state index is 0.552. The predicted molar refractivity (Wildman–Crippen MR) is 76.4 cm³/mol. The fraction of sp³-hybridized carbons (Fsp3) is 0.0769. The molecule has 0 amide bonds. The van der Waals surface area contributed by atoms with E-state index in [1.807, 2.05) is 31.3 Å². The van der Waals surface area contributed by atoms with Crippen LogP contribution in [0.3, 0.4) is 0 Å². The zero-order valence-corrected chi connectivity index (χ0v) is 10.7. The molecule has 0 unspecified atom stereocenters. The van der Waals surface area contributed by atoms with Crippen LogP contribution < -0.4 is 11.5 Å². The monoisotopic (exact) mass is 256 g/mol. The molecule has 3 rings (SSSR count). The number of nitrogens with zero attached hydrogens (tertiary/aromatic N) is 2. The Morgan fingerprint density at radius 3 is 2.78 bits per heavy atom. The summed E-state index contributed by atoms with van der Waals surface area (Å²) in [4.78, 5) is 8.72. The van der Waals surface area contributed by atoms with Gasteiger partial charge in [-0.1, -0.05) is 0 Å². The smallest absolute Gasteiger partial charge is 0.126 e. The van der Waals surface area contributed by atoms with Crippen molar-refractivity contribution in [3.8, 4) is 10.6 Å². The summed E-state index contributed by atoms with van der Waals surface area (Å²) in [6.45, 7) is 2.04. The van der Waals surface area contributed by atoms with E-state index in [2.05, 4.69) is 9.97 Å². The number of aromatic nitrogens is 2. The summed E-state index contributed by atoms with van der Waals surface area (Å²) in [5.74, 6) is 0. The summed E-state index contributed by atoms with van der Waals surface area (Å²) in [6.07, 6.45) is 3.60. The molecule has 0 aliphatic carbocycles. The van der Waals surface area contributed by atoms with E-state index in [1.54, 1.807) is 17.5 Å². The molecule has 0 spiro atoms. The normalized spacial score (nSPS) is 10.9. The number of thiazole rings is 1. The Morgan fingerprint density at radius 2 is 2.00 bits per heavy atom. The average Bonchev–Trinajstić information content (AvgIpc) is 2.79. The minimum atomic E-state index is 0.552. The third-order valence-electron chi connectivity index (χ3n) is 2.90. The van der Waals surface area contributed by atoms with E-state index in [9.17, 15) is 0 Å². The van der Waals surface area contributed by atoms with E-state index >= 15 is 0 Å². The Bertz CT molecular complexity index is 733. The van der Waals surface area contributed by atoms with Gasteiger partial charge in [0, 0.05) is 18.0 Å². The van der Waals surface area contributed by atoms with E-state index in [1.165, 1.54) is 0 Å². The second-order valence-corrected chi connectivity index (χ2v) is 5.16. The maximum atomic E-state index is 5.95. The van der Waals surface area contributed by atoms with Crippen molar-refractivity contribution in [3.63, 3.8) is 0 Å². The molecule has 0 saturated heterocycles. The lowest BCUT2D eigenvalue weighted by Gasteiger charge is -1.99. The number of hydrogen-bond donors (Lipinski definition) is 2. The van der Waals surface area contributed by atoms with Crippen LogP contribution in [0.5, 0.6) is 0 Å². The summed E-state index contributed by atoms with van der Waals surface area (Å²) < 4.78 is 1.04. The molecule has 4 nitrogen and oxygen atoms in total. The fourth-order valence-electron chi connectivity index (χ4n) is 1.83. The van der Waals surface area contributed by atoms with Crippen molar-refractivity contribution < 1.29 is 0 Å². The van der Waals surface area contributed by atoms with Gasteiger partial charge in [0.15, 0.2) is 0 Å². The molecular formula is C13H12N4S. The van der Waals surface area contributed by atoms with Crippen LogP contribution in [0.4, 0.5) is 11.4 Å². The number of nitrogen functional groups attached to an aromatic ring is 2. The first-order valence-corrected chi connectivity index (χ1v) is 6.34. The van der Waals surface area contributed by atoms with Crippen molar-refractivity contribution in [2.24, 2.45) is 0 Å². The molecule has 0 aliphatic rings. The first-order chi connectivity index (χ1) is 8.66. The van der Waals surface area contributed by atoms with Crippen LogP contribution in [0.15, 0.2) is 30.6 Å². The van der Waals surface area contributed by atoms with Crippen molar-refractivity contribution in [2.75, 3.05) is 11.5 Å². The summed E-state index contributed by atoms with van der Waals surface area (Å²) in [5.41, 5.74) is 15.8. The average molecular weight is 256 g/mol. The molecule has 4 N–H and O–H groups in total. The number of rotatable bonds is 1.